The van der Waals surface area contributed by atoms with Crippen LogP contribution in [0, 0.1) is 0 Å². The highest BCUT2D eigenvalue weighted by atomic mass is 32.2. The summed E-state index contributed by atoms with van der Waals surface area (Å²) in [5.41, 5.74) is 0.836. The molecule has 1 amide bonds. The topological polar surface area (TPSA) is 29.1 Å². The zero-order valence-corrected chi connectivity index (χ0v) is 8.60. The van der Waals surface area contributed by atoms with Crippen molar-refractivity contribution in [3.8, 4) is 0 Å². The number of nitrogens with one attached hydrogen (secondary N) is 1. The van der Waals surface area contributed by atoms with E-state index in [1.165, 1.54) is 4.90 Å². The highest BCUT2D eigenvalue weighted by Crippen LogP contribution is 2.23. The third kappa shape index (κ3) is 3.51. The smallest absolute Gasteiger partial charge is 0.211 e. The lowest BCUT2D eigenvalue weighted by atomic mass is 10.3. The normalized spacial score (nSPS) is 10.1. The van der Waals surface area contributed by atoms with Gasteiger partial charge in [0.15, 0.2) is 0 Å². The zero-order valence-electron chi connectivity index (χ0n) is 7.78. The number of hydrogen-bond donors (Lipinski definition) is 1. The predicted octanol–water partition coefficient (Wildman–Crippen LogP) is 2.76. The Balaban J connectivity index is 2.63. The third-order valence-corrected chi connectivity index (χ3v) is 2.47. The second kappa shape index (κ2) is 4.92. The summed E-state index contributed by atoms with van der Waals surface area (Å²) in [7, 11) is 0. The van der Waals surface area contributed by atoms with E-state index in [1.54, 1.807) is 0 Å². The van der Waals surface area contributed by atoms with Gasteiger partial charge in [0.05, 0.1) is 0 Å². The fourth-order valence-electron chi connectivity index (χ4n) is 0.970. The number of thioether (sulfide) groups is 1. The Bertz CT molecular complexity index is 269. The van der Waals surface area contributed by atoms with Crippen molar-refractivity contribution in [2.75, 3.05) is 5.32 Å². The first-order valence-corrected chi connectivity index (χ1v) is 5.07. The van der Waals surface area contributed by atoms with Crippen LogP contribution >= 0.6 is 11.8 Å². The van der Waals surface area contributed by atoms with Gasteiger partial charge >= 0.3 is 0 Å². The highest BCUT2D eigenvalue weighted by Gasteiger charge is 1.97. The number of carbonyl (C=O) groups is 1. The van der Waals surface area contributed by atoms with E-state index in [9.17, 15) is 4.79 Å². The second-order valence-electron chi connectivity index (χ2n) is 2.95. The highest BCUT2D eigenvalue weighted by molar-refractivity contribution is 7.99. The van der Waals surface area contributed by atoms with E-state index in [1.807, 2.05) is 36.0 Å². The Hall–Kier alpha value is -0.960. The monoisotopic (exact) mass is 195 g/mol. The largest absolute Gasteiger partial charge is 0.329 e. The quantitative estimate of drug-likeness (QED) is 0.591. The number of benzene rings is 1. The van der Waals surface area contributed by atoms with E-state index in [0.717, 1.165) is 5.69 Å². The third-order valence-electron chi connectivity index (χ3n) is 1.45. The van der Waals surface area contributed by atoms with Gasteiger partial charge in [0.2, 0.25) is 6.41 Å². The molecule has 1 aromatic rings. The predicted molar refractivity (Wildman–Crippen MR) is 57.1 cm³/mol. The molecule has 13 heavy (non-hydrogen) atoms. The Morgan fingerprint density at radius 2 is 1.92 bits per heavy atom. The van der Waals surface area contributed by atoms with Crippen LogP contribution in [-0.2, 0) is 4.79 Å². The van der Waals surface area contributed by atoms with Gasteiger partial charge in [-0.3, -0.25) is 4.79 Å². The van der Waals surface area contributed by atoms with Gasteiger partial charge in [-0.1, -0.05) is 13.8 Å². The van der Waals surface area contributed by atoms with Crippen molar-refractivity contribution in [3.05, 3.63) is 24.3 Å². The summed E-state index contributed by atoms with van der Waals surface area (Å²) in [5.74, 6) is 0. The van der Waals surface area contributed by atoms with Crippen molar-refractivity contribution in [3.63, 3.8) is 0 Å². The summed E-state index contributed by atoms with van der Waals surface area (Å²) in [6.07, 6.45) is 0.685. The maximum absolute atomic E-state index is 10.1. The van der Waals surface area contributed by atoms with Gasteiger partial charge in [0.25, 0.3) is 0 Å². The summed E-state index contributed by atoms with van der Waals surface area (Å²) in [6.45, 7) is 4.31. The summed E-state index contributed by atoms with van der Waals surface area (Å²) in [6, 6.07) is 7.82. The van der Waals surface area contributed by atoms with E-state index in [-0.39, 0.29) is 0 Å². The summed E-state index contributed by atoms with van der Waals surface area (Å²) >= 11 is 1.81. The van der Waals surface area contributed by atoms with Crippen LogP contribution in [0.4, 0.5) is 5.69 Å². The van der Waals surface area contributed by atoms with Crippen LogP contribution < -0.4 is 5.32 Å². The van der Waals surface area contributed by atoms with Crippen molar-refractivity contribution in [1.82, 2.24) is 0 Å². The van der Waals surface area contributed by atoms with Gasteiger partial charge in [-0.25, -0.2) is 0 Å². The molecule has 0 saturated heterocycles. The molecule has 0 spiro atoms. The van der Waals surface area contributed by atoms with E-state index < -0.39 is 0 Å². The van der Waals surface area contributed by atoms with Crippen LogP contribution in [0.2, 0.25) is 0 Å². The van der Waals surface area contributed by atoms with Crippen molar-refractivity contribution >= 4 is 23.9 Å². The molecule has 70 valence electrons. The molecule has 0 unspecified atom stereocenters. The molecule has 0 aromatic heterocycles. The minimum absolute atomic E-state index is 0.588. The SMILES string of the molecule is CC(C)Sc1ccc(NC=O)cc1. The summed E-state index contributed by atoms with van der Waals surface area (Å²) in [5, 5.41) is 3.19. The molecular formula is C10H13NOS. The standard InChI is InChI=1S/C10H13NOS/c1-8(2)13-10-5-3-9(4-6-10)11-7-12/h3-8H,1-2H3,(H,11,12). The first-order valence-electron chi connectivity index (χ1n) is 4.19. The Labute approximate surface area is 82.7 Å². The molecule has 0 aliphatic carbocycles. The number of carbonyl (C=O) groups excluding carboxylic acids is 1. The Morgan fingerprint density at radius 3 is 2.38 bits per heavy atom. The molecule has 0 atom stereocenters. The van der Waals surface area contributed by atoms with Crippen LogP contribution in [0.25, 0.3) is 0 Å². The maximum Gasteiger partial charge on any atom is 0.211 e. The summed E-state index contributed by atoms with van der Waals surface area (Å²) in [4.78, 5) is 11.3. The molecule has 1 rings (SSSR count). The minimum atomic E-state index is 0.588. The summed E-state index contributed by atoms with van der Waals surface area (Å²) < 4.78 is 0. The number of amides is 1. The van der Waals surface area contributed by atoms with Crippen molar-refractivity contribution in [2.24, 2.45) is 0 Å². The molecule has 1 aromatic carbocycles. The molecule has 0 saturated carbocycles. The van der Waals surface area contributed by atoms with E-state index in [4.69, 9.17) is 0 Å². The van der Waals surface area contributed by atoms with Crippen LogP contribution in [0.15, 0.2) is 29.2 Å². The number of anilines is 1. The van der Waals surface area contributed by atoms with Crippen LogP contribution in [0.5, 0.6) is 0 Å². The zero-order chi connectivity index (χ0) is 9.68. The minimum Gasteiger partial charge on any atom is -0.329 e. The van der Waals surface area contributed by atoms with Gasteiger partial charge in [-0.05, 0) is 24.3 Å². The van der Waals surface area contributed by atoms with Crippen LogP contribution in [0.1, 0.15) is 13.8 Å². The van der Waals surface area contributed by atoms with Crippen LogP contribution in [0.3, 0.4) is 0 Å². The fraction of sp³-hybridized carbons (Fsp3) is 0.300. The number of hydrogen-bond acceptors (Lipinski definition) is 2. The molecule has 0 fully saturated rings. The van der Waals surface area contributed by atoms with E-state index >= 15 is 0 Å². The molecule has 3 heteroatoms. The lowest BCUT2D eigenvalue weighted by molar-refractivity contribution is -0.105. The second-order valence-corrected chi connectivity index (χ2v) is 4.60. The first-order chi connectivity index (χ1) is 6.22. The lowest BCUT2D eigenvalue weighted by Crippen LogP contribution is -1.93. The van der Waals surface area contributed by atoms with Crippen molar-refractivity contribution in [1.29, 1.82) is 0 Å². The molecule has 0 radical (unpaired) electrons. The van der Waals surface area contributed by atoms with Crippen molar-refractivity contribution in [2.45, 2.75) is 24.0 Å². The van der Waals surface area contributed by atoms with Gasteiger partial charge in [0, 0.05) is 15.8 Å². The molecule has 1 N–H and O–H groups in total. The average molecular weight is 195 g/mol. The average Bonchev–Trinajstić information content (AvgIpc) is 2.08. The van der Waals surface area contributed by atoms with E-state index in [2.05, 4.69) is 19.2 Å². The first kappa shape index (κ1) is 10.1. The number of rotatable bonds is 4. The van der Waals surface area contributed by atoms with Gasteiger partial charge < -0.3 is 5.32 Å². The lowest BCUT2D eigenvalue weighted by Gasteiger charge is -2.05. The molecule has 0 aliphatic heterocycles. The van der Waals surface area contributed by atoms with Crippen molar-refractivity contribution < 1.29 is 4.79 Å². The van der Waals surface area contributed by atoms with E-state index in [0.29, 0.717) is 11.7 Å². The van der Waals surface area contributed by atoms with Gasteiger partial charge in [-0.2, -0.15) is 0 Å². The maximum atomic E-state index is 10.1. The van der Waals surface area contributed by atoms with Gasteiger partial charge in [-0.15, -0.1) is 11.8 Å². The van der Waals surface area contributed by atoms with Crippen LogP contribution in [-0.4, -0.2) is 11.7 Å². The molecular weight excluding hydrogens is 182 g/mol. The Morgan fingerprint density at radius 1 is 1.31 bits per heavy atom. The molecule has 0 bridgehead atoms. The Kier molecular flexibility index (Phi) is 3.83. The van der Waals surface area contributed by atoms with Gasteiger partial charge in [0.1, 0.15) is 0 Å². The molecule has 0 aliphatic rings. The fourth-order valence-corrected chi connectivity index (χ4v) is 1.81. The molecule has 2 nitrogen and oxygen atoms in total. The molecule has 0 heterocycles.